The average Bonchev–Trinajstić information content (AvgIpc) is 3.17. The summed E-state index contributed by atoms with van der Waals surface area (Å²) in [4.78, 5) is 17.6. The van der Waals surface area contributed by atoms with Crippen molar-refractivity contribution in [2.45, 2.75) is 91.4 Å². The van der Waals surface area contributed by atoms with Crippen molar-refractivity contribution in [1.29, 1.82) is 0 Å². The number of benzene rings is 1. The van der Waals surface area contributed by atoms with E-state index < -0.39 is 0 Å². The summed E-state index contributed by atoms with van der Waals surface area (Å²) in [6.45, 7) is 11.6. The molecular formula is C33H49NO2. The molecule has 3 rings (SSSR count). The zero-order valence-electron chi connectivity index (χ0n) is 23.3. The number of hydrogen-bond donors (Lipinski definition) is 0. The first-order chi connectivity index (χ1) is 17.5. The standard InChI is InChI=1S/C30H41NO.C3H8O/c1-4-8-28(10-6-5-9-25-19-21-31-22-20-25)30(32)29-12-7-11-26(17-18-29)24(3)27-15-13-23(2)14-16-27;1-3-4-2/h13-16,19-22,26,28-29H,3-12,17-18H2,1-2H3;3H2,1-2H3. The second-order valence-electron chi connectivity index (χ2n) is 10.4. The van der Waals surface area contributed by atoms with Crippen LogP contribution in [0.2, 0.25) is 0 Å². The van der Waals surface area contributed by atoms with Crippen molar-refractivity contribution in [1.82, 2.24) is 4.98 Å². The van der Waals surface area contributed by atoms with Gasteiger partial charge in [0.2, 0.25) is 0 Å². The van der Waals surface area contributed by atoms with Crippen molar-refractivity contribution < 1.29 is 9.53 Å². The Bertz CT molecular complexity index is 872. The van der Waals surface area contributed by atoms with Crippen molar-refractivity contribution >= 4 is 11.4 Å². The Labute approximate surface area is 220 Å². The Morgan fingerprint density at radius 1 is 0.972 bits per heavy atom. The lowest BCUT2D eigenvalue weighted by Crippen LogP contribution is -2.23. The molecule has 3 atom stereocenters. The number of hydrogen-bond acceptors (Lipinski definition) is 3. The lowest BCUT2D eigenvalue weighted by atomic mass is 9.82. The molecule has 0 bridgehead atoms. The van der Waals surface area contributed by atoms with Crippen LogP contribution in [0.1, 0.15) is 94.7 Å². The van der Waals surface area contributed by atoms with Crippen LogP contribution in [0.5, 0.6) is 0 Å². The van der Waals surface area contributed by atoms with Gasteiger partial charge in [0.1, 0.15) is 5.78 Å². The molecule has 1 aliphatic carbocycles. The van der Waals surface area contributed by atoms with E-state index in [-0.39, 0.29) is 11.8 Å². The first kappa shape index (κ1) is 30.0. The van der Waals surface area contributed by atoms with Gasteiger partial charge in [-0.05, 0) is 100.0 Å². The molecule has 1 saturated carbocycles. The Morgan fingerprint density at radius 2 is 1.61 bits per heavy atom. The van der Waals surface area contributed by atoms with E-state index in [1.165, 1.54) is 28.7 Å². The largest absolute Gasteiger partial charge is 0.385 e. The molecule has 1 aromatic carbocycles. The number of allylic oxidation sites excluding steroid dienone is 1. The summed E-state index contributed by atoms with van der Waals surface area (Å²) in [5, 5.41) is 0. The molecule has 0 aliphatic heterocycles. The van der Waals surface area contributed by atoms with Crippen LogP contribution in [0.15, 0.2) is 55.4 Å². The molecule has 1 fully saturated rings. The number of nitrogens with zero attached hydrogens (tertiary/aromatic N) is 1. The minimum Gasteiger partial charge on any atom is -0.385 e. The molecule has 0 amide bonds. The number of ether oxygens (including phenoxy) is 1. The molecule has 2 aromatic rings. The number of carbonyl (C=O) groups is 1. The van der Waals surface area contributed by atoms with Crippen LogP contribution in [0, 0.1) is 24.7 Å². The van der Waals surface area contributed by atoms with Crippen molar-refractivity contribution in [3.05, 3.63) is 72.1 Å². The quantitative estimate of drug-likeness (QED) is 0.220. The zero-order chi connectivity index (χ0) is 26.2. The molecule has 0 spiro atoms. The van der Waals surface area contributed by atoms with E-state index in [0.717, 1.165) is 70.8 Å². The Kier molecular flexibility index (Phi) is 14.4. The number of pyridine rings is 1. The van der Waals surface area contributed by atoms with Gasteiger partial charge in [-0.1, -0.05) is 62.6 Å². The summed E-state index contributed by atoms with van der Waals surface area (Å²) in [5.74, 6) is 1.57. The van der Waals surface area contributed by atoms with E-state index in [1.807, 2.05) is 19.3 Å². The van der Waals surface area contributed by atoms with E-state index in [4.69, 9.17) is 0 Å². The van der Waals surface area contributed by atoms with E-state index in [0.29, 0.717) is 11.7 Å². The van der Waals surface area contributed by atoms with Gasteiger partial charge in [-0.15, -0.1) is 0 Å². The van der Waals surface area contributed by atoms with E-state index in [2.05, 4.69) is 66.5 Å². The molecule has 3 nitrogen and oxygen atoms in total. The third-order valence-corrected chi connectivity index (χ3v) is 7.63. The minimum absolute atomic E-state index is 0.249. The average molecular weight is 492 g/mol. The topological polar surface area (TPSA) is 39.2 Å². The summed E-state index contributed by atoms with van der Waals surface area (Å²) < 4.78 is 4.54. The van der Waals surface area contributed by atoms with Crippen LogP contribution in [0.3, 0.4) is 0 Å². The van der Waals surface area contributed by atoms with Crippen molar-refractivity contribution in [3.8, 4) is 0 Å². The van der Waals surface area contributed by atoms with E-state index >= 15 is 0 Å². The maximum Gasteiger partial charge on any atom is 0.139 e. The van der Waals surface area contributed by atoms with E-state index in [1.54, 1.807) is 7.11 Å². The van der Waals surface area contributed by atoms with Gasteiger partial charge >= 0.3 is 0 Å². The van der Waals surface area contributed by atoms with Crippen LogP contribution in [0.4, 0.5) is 0 Å². The number of aryl methyl sites for hydroxylation is 2. The lowest BCUT2D eigenvalue weighted by molar-refractivity contribution is -0.127. The number of carbonyl (C=O) groups excluding carboxylic acids is 1. The number of rotatable bonds is 12. The molecule has 0 saturated heterocycles. The molecule has 1 heterocycles. The Morgan fingerprint density at radius 3 is 2.25 bits per heavy atom. The second kappa shape index (κ2) is 17.2. The Balaban J connectivity index is 0.00000106. The number of methoxy groups -OCH3 is 1. The number of unbranched alkanes of at least 4 members (excludes halogenated alkanes) is 1. The highest BCUT2D eigenvalue weighted by molar-refractivity contribution is 5.83. The fourth-order valence-electron chi connectivity index (χ4n) is 5.32. The van der Waals surface area contributed by atoms with Gasteiger partial charge in [-0.2, -0.15) is 0 Å². The minimum atomic E-state index is 0.249. The SMILES string of the molecule is C=C(c1ccc(C)cc1)C1CCCC(C(=O)C(CCC)CCCCc2ccncc2)CC1.CCOC. The van der Waals surface area contributed by atoms with Gasteiger partial charge in [0.05, 0.1) is 0 Å². The highest BCUT2D eigenvalue weighted by atomic mass is 16.5. The molecule has 0 radical (unpaired) electrons. The van der Waals surface area contributed by atoms with Crippen LogP contribution < -0.4 is 0 Å². The predicted octanol–water partition coefficient (Wildman–Crippen LogP) is 8.65. The fraction of sp³-hybridized carbons (Fsp3) is 0.576. The fourth-order valence-corrected chi connectivity index (χ4v) is 5.32. The molecule has 3 heteroatoms. The number of aromatic nitrogens is 1. The predicted molar refractivity (Wildman–Crippen MR) is 153 cm³/mol. The van der Waals surface area contributed by atoms with Crippen molar-refractivity contribution in [2.24, 2.45) is 17.8 Å². The van der Waals surface area contributed by atoms with Gasteiger partial charge < -0.3 is 4.74 Å². The second-order valence-corrected chi connectivity index (χ2v) is 10.4. The smallest absolute Gasteiger partial charge is 0.139 e. The third kappa shape index (κ3) is 10.4. The lowest BCUT2D eigenvalue weighted by Gasteiger charge is -2.22. The van der Waals surface area contributed by atoms with Crippen LogP contribution >= 0.6 is 0 Å². The maximum atomic E-state index is 13.5. The highest BCUT2D eigenvalue weighted by Crippen LogP contribution is 2.37. The summed E-state index contributed by atoms with van der Waals surface area (Å²) in [7, 11) is 1.68. The molecule has 3 unspecified atom stereocenters. The van der Waals surface area contributed by atoms with Crippen molar-refractivity contribution in [2.75, 3.05) is 13.7 Å². The van der Waals surface area contributed by atoms with Gasteiger partial charge in [0.25, 0.3) is 0 Å². The normalized spacial score (nSPS) is 18.4. The summed E-state index contributed by atoms with van der Waals surface area (Å²) >= 11 is 0. The third-order valence-electron chi connectivity index (χ3n) is 7.63. The van der Waals surface area contributed by atoms with Gasteiger partial charge in [0.15, 0.2) is 0 Å². The van der Waals surface area contributed by atoms with Gasteiger partial charge in [0, 0.05) is 37.9 Å². The molecule has 1 aliphatic rings. The maximum absolute atomic E-state index is 13.5. The van der Waals surface area contributed by atoms with Gasteiger partial charge in [-0.3, -0.25) is 9.78 Å². The first-order valence-electron chi connectivity index (χ1n) is 14.2. The summed E-state index contributed by atoms with van der Waals surface area (Å²) in [6.07, 6.45) is 15.8. The Hall–Kier alpha value is -2.26. The molecule has 198 valence electrons. The zero-order valence-corrected chi connectivity index (χ0v) is 23.3. The highest BCUT2D eigenvalue weighted by Gasteiger charge is 2.29. The molecular weight excluding hydrogens is 442 g/mol. The summed E-state index contributed by atoms with van der Waals surface area (Å²) in [6, 6.07) is 13.0. The number of Topliss-reactive ketones (excluding diaryl/α,β-unsaturated/α-hetero) is 1. The van der Waals surface area contributed by atoms with E-state index in [9.17, 15) is 4.79 Å². The first-order valence-corrected chi connectivity index (χ1v) is 14.2. The van der Waals surface area contributed by atoms with Crippen LogP contribution in [-0.4, -0.2) is 24.5 Å². The van der Waals surface area contributed by atoms with Crippen LogP contribution in [0.25, 0.3) is 5.57 Å². The van der Waals surface area contributed by atoms with Crippen molar-refractivity contribution in [3.63, 3.8) is 0 Å². The monoisotopic (exact) mass is 491 g/mol. The molecule has 36 heavy (non-hydrogen) atoms. The number of ketones is 1. The van der Waals surface area contributed by atoms with Gasteiger partial charge in [-0.25, -0.2) is 0 Å². The molecule has 0 N–H and O–H groups in total. The molecule has 1 aromatic heterocycles. The van der Waals surface area contributed by atoms with Crippen LogP contribution in [-0.2, 0) is 16.0 Å². The summed E-state index contributed by atoms with van der Waals surface area (Å²) in [5.41, 5.74) is 5.17.